The highest BCUT2D eigenvalue weighted by Crippen LogP contribution is 2.28. The molecule has 7 nitrogen and oxygen atoms in total. The average Bonchev–Trinajstić information content (AvgIpc) is 2.91. The van der Waals surface area contributed by atoms with Crippen LogP contribution >= 0.6 is 11.6 Å². The summed E-state index contributed by atoms with van der Waals surface area (Å²) in [5.41, 5.74) is 6.80. The lowest BCUT2D eigenvalue weighted by molar-refractivity contribution is 0.401. The van der Waals surface area contributed by atoms with Crippen molar-refractivity contribution in [1.82, 2.24) is 9.73 Å². The molecule has 5 N–H and O–H groups in total. The zero-order chi connectivity index (χ0) is 25.5. The number of nitrogens with two attached hydrogens (primary N) is 2. The predicted octanol–water partition coefficient (Wildman–Crippen LogP) is 4.48. The van der Waals surface area contributed by atoms with E-state index in [1.807, 2.05) is 66.7 Å². The molecule has 0 fully saturated rings. The van der Waals surface area contributed by atoms with Crippen molar-refractivity contribution >= 4 is 27.5 Å². The molecule has 0 heterocycles. The van der Waals surface area contributed by atoms with E-state index in [1.54, 1.807) is 24.3 Å². The first kappa shape index (κ1) is 25.4. The maximum absolute atomic E-state index is 13.8. The van der Waals surface area contributed by atoms with Crippen molar-refractivity contribution in [3.05, 3.63) is 125 Å². The smallest absolute Gasteiger partial charge is 0.243 e. The molecule has 9 heteroatoms. The lowest BCUT2D eigenvalue weighted by Gasteiger charge is -2.24. The van der Waals surface area contributed by atoms with Crippen molar-refractivity contribution in [3.8, 4) is 11.1 Å². The van der Waals surface area contributed by atoms with E-state index in [9.17, 15) is 8.42 Å². The normalized spacial score (nSPS) is 12.0. The monoisotopic (exact) mass is 519 g/mol. The van der Waals surface area contributed by atoms with Gasteiger partial charge < -0.3 is 11.3 Å². The molecule has 4 rings (SSSR count). The van der Waals surface area contributed by atoms with Crippen LogP contribution in [0.1, 0.15) is 16.7 Å². The Hall–Kier alpha value is -3.69. The third-order valence-electron chi connectivity index (χ3n) is 5.75. The first-order chi connectivity index (χ1) is 17.4. The fourth-order valence-electron chi connectivity index (χ4n) is 3.90. The summed E-state index contributed by atoms with van der Waals surface area (Å²) < 4.78 is 29.0. The predicted molar refractivity (Wildman–Crippen MR) is 144 cm³/mol. The van der Waals surface area contributed by atoms with E-state index in [2.05, 4.69) is 10.5 Å². The Morgan fingerprint density at radius 3 is 2.11 bits per heavy atom. The van der Waals surface area contributed by atoms with E-state index >= 15 is 0 Å². The summed E-state index contributed by atoms with van der Waals surface area (Å²) in [6, 6.07) is 31.1. The van der Waals surface area contributed by atoms with Gasteiger partial charge in [0.15, 0.2) is 5.84 Å². The summed E-state index contributed by atoms with van der Waals surface area (Å²) in [6.45, 7) is 0.331. The summed E-state index contributed by atoms with van der Waals surface area (Å²) in [5.74, 6) is 11.1. The number of halogens is 1. The Kier molecular flexibility index (Phi) is 8.02. The van der Waals surface area contributed by atoms with Crippen LogP contribution in [0.4, 0.5) is 0 Å². The molecule has 0 radical (unpaired) electrons. The number of hydrogen-bond donors (Lipinski definition) is 3. The molecule has 36 heavy (non-hydrogen) atoms. The first-order valence-electron chi connectivity index (χ1n) is 11.1. The molecule has 0 aliphatic carbocycles. The minimum absolute atomic E-state index is 0.152. The van der Waals surface area contributed by atoms with Crippen LogP contribution in [0.5, 0.6) is 0 Å². The lowest BCUT2D eigenvalue weighted by Crippen LogP contribution is -2.32. The Balaban J connectivity index is 1.73. The Labute approximate surface area is 216 Å². The van der Waals surface area contributed by atoms with Crippen molar-refractivity contribution in [1.29, 1.82) is 0 Å². The first-order valence-corrected chi connectivity index (χ1v) is 13.0. The van der Waals surface area contributed by atoms with Gasteiger partial charge in [0.05, 0.1) is 4.90 Å². The van der Waals surface area contributed by atoms with Crippen LogP contribution in [0.15, 0.2) is 113 Å². The third kappa shape index (κ3) is 5.75. The van der Waals surface area contributed by atoms with E-state index in [0.29, 0.717) is 16.4 Å². The maximum atomic E-state index is 13.8. The van der Waals surface area contributed by atoms with Gasteiger partial charge in [0.2, 0.25) is 10.0 Å². The minimum atomic E-state index is -3.85. The van der Waals surface area contributed by atoms with E-state index < -0.39 is 10.0 Å². The van der Waals surface area contributed by atoms with E-state index in [1.165, 1.54) is 16.4 Å². The molecule has 0 saturated carbocycles. The van der Waals surface area contributed by atoms with Crippen molar-refractivity contribution in [2.24, 2.45) is 16.8 Å². The summed E-state index contributed by atoms with van der Waals surface area (Å²) in [6.07, 6.45) is 0. The molecule has 0 amide bonds. The zero-order valence-corrected chi connectivity index (χ0v) is 21.0. The largest absolute Gasteiger partial charge is 0.321 e. The molecule has 4 aromatic carbocycles. The second-order valence-electron chi connectivity index (χ2n) is 8.07. The van der Waals surface area contributed by atoms with Crippen LogP contribution in [0.25, 0.3) is 11.1 Å². The van der Waals surface area contributed by atoms with Crippen LogP contribution in [-0.4, -0.2) is 18.6 Å². The van der Waals surface area contributed by atoms with E-state index in [4.69, 9.17) is 23.3 Å². The van der Waals surface area contributed by atoms with Gasteiger partial charge in [-0.15, -0.1) is 0 Å². The van der Waals surface area contributed by atoms with E-state index in [-0.39, 0.29) is 18.0 Å². The number of nitrogens with one attached hydrogen (secondary N) is 1. The highest BCUT2D eigenvalue weighted by atomic mass is 35.5. The van der Waals surface area contributed by atoms with Gasteiger partial charge in [-0.25, -0.2) is 14.3 Å². The fourth-order valence-corrected chi connectivity index (χ4v) is 5.43. The second kappa shape index (κ2) is 11.4. The molecule has 0 spiro atoms. The Morgan fingerprint density at radius 1 is 0.833 bits per heavy atom. The van der Waals surface area contributed by atoms with Gasteiger partial charge >= 0.3 is 0 Å². The zero-order valence-electron chi connectivity index (χ0n) is 19.4. The number of sulfonamides is 1. The fraction of sp³-hybridized carbons (Fsp3) is 0.0741. The van der Waals surface area contributed by atoms with Crippen LogP contribution in [0, 0.1) is 0 Å². The molecule has 0 saturated heterocycles. The maximum Gasteiger partial charge on any atom is 0.243 e. The topological polar surface area (TPSA) is 114 Å². The molecule has 4 aromatic rings. The highest BCUT2D eigenvalue weighted by Gasteiger charge is 2.26. The highest BCUT2D eigenvalue weighted by molar-refractivity contribution is 7.89. The van der Waals surface area contributed by atoms with Crippen LogP contribution < -0.4 is 17.1 Å². The number of hydrogen-bond acceptors (Lipinski definition) is 5. The molecular formula is C27H26ClN5O2S. The molecule has 0 aliphatic heterocycles. The van der Waals surface area contributed by atoms with Gasteiger partial charge in [-0.1, -0.05) is 90.5 Å². The summed E-state index contributed by atoms with van der Waals surface area (Å²) in [4.78, 5) is 0.172. The standard InChI is InChI=1S/C27H26ClN5O2S/c28-24-14-16-25(17-15-24)36(34,35)33(18-20-10-12-22(13-11-20)27(31-29)32-30)19-23-8-4-5-9-26(23)21-6-2-1-3-7-21/h1-17H,18-19,29-30H2,(H,31,32). The molecule has 0 atom stereocenters. The van der Waals surface area contributed by atoms with Crippen LogP contribution in [0.3, 0.4) is 0 Å². The molecule has 184 valence electrons. The van der Waals surface area contributed by atoms with Gasteiger partial charge in [-0.3, -0.25) is 0 Å². The Bertz CT molecular complexity index is 1440. The third-order valence-corrected chi connectivity index (χ3v) is 7.81. The molecular weight excluding hydrogens is 494 g/mol. The van der Waals surface area contributed by atoms with Crippen molar-refractivity contribution < 1.29 is 8.42 Å². The van der Waals surface area contributed by atoms with Gasteiger partial charge in [0, 0.05) is 23.7 Å². The number of hydrazone groups is 1. The summed E-state index contributed by atoms with van der Waals surface area (Å²) in [7, 11) is -3.85. The number of amidine groups is 1. The minimum Gasteiger partial charge on any atom is -0.321 e. The van der Waals surface area contributed by atoms with Crippen molar-refractivity contribution in [2.45, 2.75) is 18.0 Å². The quantitative estimate of drug-likeness (QED) is 0.137. The lowest BCUT2D eigenvalue weighted by atomic mass is 9.99. The van der Waals surface area contributed by atoms with Gasteiger partial charge in [0.1, 0.15) is 0 Å². The Morgan fingerprint density at radius 2 is 1.47 bits per heavy atom. The van der Waals surface area contributed by atoms with Gasteiger partial charge in [-0.05, 0) is 46.5 Å². The molecule has 0 aliphatic rings. The van der Waals surface area contributed by atoms with E-state index in [0.717, 1.165) is 22.3 Å². The van der Waals surface area contributed by atoms with Crippen LogP contribution in [-0.2, 0) is 23.1 Å². The second-order valence-corrected chi connectivity index (χ2v) is 10.4. The number of rotatable bonds is 8. The molecule has 0 aromatic heterocycles. The molecule has 0 unspecified atom stereocenters. The number of nitrogens with zero attached hydrogens (tertiary/aromatic N) is 2. The summed E-state index contributed by atoms with van der Waals surface area (Å²) in [5, 5.41) is 4.08. The average molecular weight is 520 g/mol. The van der Waals surface area contributed by atoms with Crippen LogP contribution in [0.2, 0.25) is 5.02 Å². The van der Waals surface area contributed by atoms with Gasteiger partial charge in [-0.2, -0.15) is 9.41 Å². The number of hydrazine groups is 1. The van der Waals surface area contributed by atoms with Crippen molar-refractivity contribution in [3.63, 3.8) is 0 Å². The number of benzene rings is 4. The molecule has 0 bridgehead atoms. The SMILES string of the molecule is N/N=C(\NN)c1ccc(CN(Cc2ccccc2-c2ccccc2)S(=O)(=O)c2ccc(Cl)cc2)cc1. The van der Waals surface area contributed by atoms with Crippen molar-refractivity contribution in [2.75, 3.05) is 0 Å². The van der Waals surface area contributed by atoms with Gasteiger partial charge in [0.25, 0.3) is 0 Å². The summed E-state index contributed by atoms with van der Waals surface area (Å²) >= 11 is 6.01.